The molecule has 0 aromatic heterocycles. The summed E-state index contributed by atoms with van der Waals surface area (Å²) < 4.78 is 0.380. The molecule has 0 N–H and O–H groups in total. The van der Waals surface area contributed by atoms with Crippen LogP contribution in [0.1, 0.15) is 19.4 Å². The number of hydrogen-bond donors (Lipinski definition) is 0. The average molecular weight is 362 g/mol. The van der Waals surface area contributed by atoms with Crippen molar-refractivity contribution in [2.45, 2.75) is 17.3 Å². The second-order valence-corrected chi connectivity index (χ2v) is 10.3. The second-order valence-electron chi connectivity index (χ2n) is 4.17. The van der Waals surface area contributed by atoms with Crippen LogP contribution >= 0.6 is 7.92 Å². The molecule has 1 aromatic carbocycles. The van der Waals surface area contributed by atoms with Gasteiger partial charge in [-0.05, 0) is 0 Å². The van der Waals surface area contributed by atoms with Gasteiger partial charge < -0.3 is 0 Å². The summed E-state index contributed by atoms with van der Waals surface area (Å²) in [7, 11) is -0.310. The van der Waals surface area contributed by atoms with Crippen molar-refractivity contribution in [1.82, 2.24) is 0 Å². The standard InChI is InChI=1S/C11H16P.Cu.Sn/c1-9(2)10-7-5-6-8-11(10)12(3)4;;/h5-8H,1-4H3;;/p+1. The fourth-order valence-corrected chi connectivity index (χ4v) is 3.81. The van der Waals surface area contributed by atoms with Crippen LogP contribution in [0.25, 0.3) is 0 Å². The third kappa shape index (κ3) is 3.85. The predicted octanol–water partition coefficient (Wildman–Crippen LogP) is 2.19. The van der Waals surface area contributed by atoms with Crippen molar-refractivity contribution < 1.29 is 17.1 Å². The molecule has 0 spiro atoms. The first-order chi connectivity index (χ1) is 5.93. The van der Waals surface area contributed by atoms with E-state index in [0.717, 1.165) is 0 Å². The van der Waals surface area contributed by atoms with E-state index in [9.17, 15) is 0 Å². The molecule has 0 aliphatic carbocycles. The van der Waals surface area contributed by atoms with Gasteiger partial charge in [0, 0.05) is 17.1 Å². The molecule has 0 saturated carbocycles. The molecule has 0 atom stereocenters. The molecule has 0 heterocycles. The molecule has 80 valence electrons. The Morgan fingerprint density at radius 1 is 1.14 bits per heavy atom. The third-order valence-electron chi connectivity index (χ3n) is 2.14. The maximum absolute atomic E-state index is 2.37. The monoisotopic (exact) mass is 363 g/mol. The number of benzene rings is 1. The van der Waals surface area contributed by atoms with Gasteiger partial charge in [0.15, 0.2) is 0 Å². The Morgan fingerprint density at radius 2 is 1.64 bits per heavy atom. The van der Waals surface area contributed by atoms with E-state index >= 15 is 0 Å². The van der Waals surface area contributed by atoms with E-state index in [4.69, 9.17) is 0 Å². The van der Waals surface area contributed by atoms with E-state index < -0.39 is 0 Å². The SMILES string of the molecule is C[PH+](C)c1ccccc1[C](C)(C)[Sn].[Cu]. The van der Waals surface area contributed by atoms with Crippen LogP contribution in [0.4, 0.5) is 0 Å². The summed E-state index contributed by atoms with van der Waals surface area (Å²) in [5.41, 5.74) is 1.56. The quantitative estimate of drug-likeness (QED) is 0.559. The Balaban J connectivity index is 0.00000169. The zero-order valence-electron chi connectivity index (χ0n) is 9.11. The Bertz CT molecular complexity index is 292. The largest absolute Gasteiger partial charge is 0 e. The van der Waals surface area contributed by atoms with Crippen molar-refractivity contribution in [3.05, 3.63) is 29.8 Å². The molecule has 0 bridgehead atoms. The van der Waals surface area contributed by atoms with E-state index in [2.05, 4.69) is 51.4 Å². The molecule has 0 nitrogen and oxygen atoms in total. The van der Waals surface area contributed by atoms with Crippen molar-refractivity contribution in [1.29, 1.82) is 0 Å². The van der Waals surface area contributed by atoms with E-state index in [1.807, 2.05) is 0 Å². The smallest absolute Gasteiger partial charge is 0 e. The van der Waals surface area contributed by atoms with Crippen LogP contribution in [0.2, 0.25) is 0 Å². The van der Waals surface area contributed by atoms with Gasteiger partial charge >= 0.3 is 96.2 Å². The summed E-state index contributed by atoms with van der Waals surface area (Å²) in [6.45, 7) is 9.39. The van der Waals surface area contributed by atoms with Crippen LogP contribution in [0.3, 0.4) is 0 Å². The van der Waals surface area contributed by atoms with Gasteiger partial charge in [-0.15, -0.1) is 0 Å². The Hall–Kier alpha value is 0.968. The van der Waals surface area contributed by atoms with Gasteiger partial charge in [-0.1, -0.05) is 0 Å². The normalized spacial score (nSPS) is 11.3. The molecular weight excluding hydrogens is 345 g/mol. The summed E-state index contributed by atoms with van der Waals surface area (Å²) >= 11 is 1.60. The molecule has 0 unspecified atom stereocenters. The summed E-state index contributed by atoms with van der Waals surface area (Å²) in [6.07, 6.45) is 0. The molecule has 0 aliphatic heterocycles. The summed E-state index contributed by atoms with van der Waals surface area (Å²) in [4.78, 5) is 0. The minimum absolute atomic E-state index is 0. The second kappa shape index (κ2) is 5.89. The summed E-state index contributed by atoms with van der Waals surface area (Å²) in [6, 6.07) is 8.92. The Kier molecular flexibility index (Phi) is 6.30. The molecule has 1 aromatic rings. The van der Waals surface area contributed by atoms with Gasteiger partial charge in [-0.2, -0.15) is 0 Å². The van der Waals surface area contributed by atoms with Crippen LogP contribution in [0, 0.1) is 0 Å². The van der Waals surface area contributed by atoms with Crippen molar-refractivity contribution in [2.75, 3.05) is 13.3 Å². The maximum Gasteiger partial charge on any atom is 0 e. The molecule has 4 radical (unpaired) electrons. The van der Waals surface area contributed by atoms with E-state index in [1.165, 1.54) is 0 Å². The molecule has 3 heteroatoms. The van der Waals surface area contributed by atoms with Crippen LogP contribution < -0.4 is 5.30 Å². The molecule has 1 rings (SSSR count). The minimum Gasteiger partial charge on any atom is 0 e. The molecule has 0 amide bonds. The maximum atomic E-state index is 2.37. The Morgan fingerprint density at radius 3 is 2.00 bits per heavy atom. The van der Waals surface area contributed by atoms with Crippen LogP contribution in [0.15, 0.2) is 24.3 Å². The fourth-order valence-electron chi connectivity index (χ4n) is 1.46. The van der Waals surface area contributed by atoms with Crippen molar-refractivity contribution in [3.8, 4) is 0 Å². The molecule has 0 saturated heterocycles. The third-order valence-corrected chi connectivity index (χ3v) is 4.42. The van der Waals surface area contributed by atoms with Crippen LogP contribution in [0.5, 0.6) is 0 Å². The number of rotatable bonds is 2. The molecule has 0 aliphatic rings. The van der Waals surface area contributed by atoms with Crippen LogP contribution in [-0.2, 0) is 20.5 Å². The van der Waals surface area contributed by atoms with E-state index in [1.54, 1.807) is 33.4 Å². The van der Waals surface area contributed by atoms with Crippen LogP contribution in [-0.4, -0.2) is 35.9 Å². The van der Waals surface area contributed by atoms with Crippen molar-refractivity contribution in [3.63, 3.8) is 0 Å². The molecule has 14 heavy (non-hydrogen) atoms. The molecule has 0 fully saturated rings. The average Bonchev–Trinajstić information content (AvgIpc) is 2.03. The van der Waals surface area contributed by atoms with E-state index in [-0.39, 0.29) is 25.0 Å². The van der Waals surface area contributed by atoms with Gasteiger partial charge in [-0.25, -0.2) is 0 Å². The van der Waals surface area contributed by atoms with Gasteiger partial charge in [-0.3, -0.25) is 0 Å². The predicted molar refractivity (Wildman–Crippen MR) is 65.0 cm³/mol. The van der Waals surface area contributed by atoms with Crippen molar-refractivity contribution >= 4 is 35.8 Å². The fraction of sp³-hybridized carbons (Fsp3) is 0.455. The summed E-state index contributed by atoms with van der Waals surface area (Å²) in [5, 5.41) is 1.61. The van der Waals surface area contributed by atoms with Crippen molar-refractivity contribution in [2.24, 2.45) is 0 Å². The molecular formula is C11H17CuPSn+. The van der Waals surface area contributed by atoms with Gasteiger partial charge in [0.05, 0.1) is 0 Å². The summed E-state index contributed by atoms with van der Waals surface area (Å²) in [5.74, 6) is 0. The first-order valence-electron chi connectivity index (χ1n) is 4.58. The van der Waals surface area contributed by atoms with Gasteiger partial charge in [0.2, 0.25) is 0 Å². The zero-order chi connectivity index (χ0) is 10.1. The minimum atomic E-state index is -0.310. The van der Waals surface area contributed by atoms with Gasteiger partial charge in [0.1, 0.15) is 0 Å². The Labute approximate surface area is 113 Å². The topological polar surface area (TPSA) is 0 Å². The van der Waals surface area contributed by atoms with Gasteiger partial charge in [0.25, 0.3) is 0 Å². The number of hydrogen-bond acceptors (Lipinski definition) is 0. The first-order valence-corrected chi connectivity index (χ1v) is 8.50. The van der Waals surface area contributed by atoms with E-state index in [0.29, 0.717) is 3.43 Å². The zero-order valence-corrected chi connectivity index (χ0v) is 13.9. The first kappa shape index (κ1) is 15.0.